The summed E-state index contributed by atoms with van der Waals surface area (Å²) in [5, 5.41) is 14.8. The SMILES string of the molecule is COc1cc([C@@H]2Nc3c(Cl)ccc(C(=O)O)c3[C@H]3C=CC[C@H]32)cc(Br)c1OCc1ccc(Cl)c(Cl)c1. The molecular weight excluding hydrogens is 589 g/mol. The molecule has 1 aliphatic heterocycles. The highest BCUT2D eigenvalue weighted by atomic mass is 79.9. The van der Waals surface area contributed by atoms with Gasteiger partial charge in [-0.05, 0) is 81.4 Å². The number of nitrogens with one attached hydrogen (secondary N) is 1. The van der Waals surface area contributed by atoms with Crippen LogP contribution < -0.4 is 14.8 Å². The summed E-state index contributed by atoms with van der Waals surface area (Å²) in [5.74, 6) is 0.228. The number of carboxylic acid groups (broad SMARTS) is 1. The van der Waals surface area contributed by atoms with Crippen LogP contribution in [0.2, 0.25) is 15.1 Å². The first kappa shape index (κ1) is 25.3. The molecule has 36 heavy (non-hydrogen) atoms. The average Bonchev–Trinajstić information content (AvgIpc) is 3.34. The number of ether oxygens (including phenoxy) is 2. The molecule has 0 unspecified atom stereocenters. The molecule has 2 N–H and O–H groups in total. The number of anilines is 1. The first-order chi connectivity index (χ1) is 17.3. The van der Waals surface area contributed by atoms with Crippen molar-refractivity contribution in [3.63, 3.8) is 0 Å². The highest BCUT2D eigenvalue weighted by Crippen LogP contribution is 2.53. The molecule has 0 fully saturated rings. The molecule has 0 spiro atoms. The van der Waals surface area contributed by atoms with Crippen molar-refractivity contribution in [3.05, 3.63) is 96.4 Å². The van der Waals surface area contributed by atoms with Crippen LogP contribution in [0.25, 0.3) is 0 Å². The smallest absolute Gasteiger partial charge is 0.336 e. The highest BCUT2D eigenvalue weighted by molar-refractivity contribution is 9.10. The Bertz CT molecular complexity index is 1390. The summed E-state index contributed by atoms with van der Waals surface area (Å²) in [6.45, 7) is 0.280. The molecule has 0 amide bonds. The van der Waals surface area contributed by atoms with Gasteiger partial charge in [0.15, 0.2) is 11.5 Å². The molecule has 3 aromatic rings. The minimum Gasteiger partial charge on any atom is -0.493 e. The molecule has 3 atom stereocenters. The number of hydrogen-bond acceptors (Lipinski definition) is 4. The number of hydrogen-bond donors (Lipinski definition) is 2. The summed E-state index contributed by atoms with van der Waals surface area (Å²) < 4.78 is 12.5. The van der Waals surface area contributed by atoms with Crippen LogP contribution in [0.3, 0.4) is 0 Å². The Morgan fingerprint density at radius 2 is 1.89 bits per heavy atom. The number of carbonyl (C=O) groups is 1. The summed E-state index contributed by atoms with van der Waals surface area (Å²) in [6.07, 6.45) is 5.00. The van der Waals surface area contributed by atoms with Crippen LogP contribution in [0.5, 0.6) is 11.5 Å². The van der Waals surface area contributed by atoms with Gasteiger partial charge in [0.2, 0.25) is 0 Å². The van der Waals surface area contributed by atoms with Crippen molar-refractivity contribution in [1.29, 1.82) is 0 Å². The van der Waals surface area contributed by atoms with E-state index < -0.39 is 5.97 Å². The van der Waals surface area contributed by atoms with E-state index in [1.807, 2.05) is 18.2 Å². The zero-order chi connectivity index (χ0) is 25.6. The summed E-state index contributed by atoms with van der Waals surface area (Å²) >= 11 is 22.4. The zero-order valence-corrected chi connectivity index (χ0v) is 22.9. The number of methoxy groups -OCH3 is 1. The van der Waals surface area contributed by atoms with Crippen LogP contribution in [-0.2, 0) is 6.61 Å². The van der Waals surface area contributed by atoms with Crippen LogP contribution in [0.1, 0.15) is 45.4 Å². The van der Waals surface area contributed by atoms with Crippen molar-refractivity contribution in [3.8, 4) is 11.5 Å². The van der Waals surface area contributed by atoms with E-state index >= 15 is 0 Å². The third kappa shape index (κ3) is 4.56. The first-order valence-corrected chi connectivity index (χ1v) is 13.1. The number of allylic oxidation sites excluding steroid dienone is 2. The number of halogens is 4. The maximum atomic E-state index is 11.9. The van der Waals surface area contributed by atoms with Crippen LogP contribution >= 0.6 is 50.7 Å². The van der Waals surface area contributed by atoms with Gasteiger partial charge < -0.3 is 19.9 Å². The van der Waals surface area contributed by atoms with Crippen LogP contribution in [-0.4, -0.2) is 18.2 Å². The molecule has 186 valence electrons. The fraction of sp³-hybridized carbons (Fsp3) is 0.222. The van der Waals surface area contributed by atoms with Crippen LogP contribution in [0, 0.1) is 5.92 Å². The van der Waals surface area contributed by atoms with Gasteiger partial charge in [0.05, 0.1) is 43.9 Å². The second-order valence-electron chi connectivity index (χ2n) is 8.74. The summed E-state index contributed by atoms with van der Waals surface area (Å²) in [5.41, 5.74) is 3.51. The summed E-state index contributed by atoms with van der Waals surface area (Å²) in [7, 11) is 1.59. The molecule has 5 rings (SSSR count). The lowest BCUT2D eigenvalue weighted by molar-refractivity contribution is 0.0695. The van der Waals surface area contributed by atoms with E-state index in [1.54, 1.807) is 31.4 Å². The molecule has 0 radical (unpaired) electrons. The van der Waals surface area contributed by atoms with E-state index in [4.69, 9.17) is 44.3 Å². The van der Waals surface area contributed by atoms with Crippen molar-refractivity contribution < 1.29 is 19.4 Å². The molecule has 2 aliphatic rings. The van der Waals surface area contributed by atoms with Gasteiger partial charge in [0.1, 0.15) is 6.61 Å². The average molecular weight is 610 g/mol. The Hall–Kier alpha value is -2.38. The quantitative estimate of drug-likeness (QED) is 0.274. The predicted octanol–water partition coefficient (Wildman–Crippen LogP) is 8.52. The molecule has 0 saturated heterocycles. The normalized spacial score (nSPS) is 19.9. The minimum absolute atomic E-state index is 0.0635. The topological polar surface area (TPSA) is 67.8 Å². The standard InChI is InChI=1S/C27H21BrCl3NO4/c1-35-22-11-14(10-18(28)26(22)36-12-13-5-7-19(29)21(31)9-13)24-16-4-2-3-15(16)23-17(27(33)34)6-8-20(30)25(23)32-24/h2-3,5-11,15-16,24,32H,4,12H2,1H3,(H,33,34)/t15-,16+,24-/m0/s1. The maximum Gasteiger partial charge on any atom is 0.336 e. The number of rotatable bonds is 6. The molecule has 3 aromatic carbocycles. The summed E-state index contributed by atoms with van der Waals surface area (Å²) in [4.78, 5) is 11.9. The van der Waals surface area contributed by atoms with Gasteiger partial charge in [0, 0.05) is 5.92 Å². The first-order valence-electron chi connectivity index (χ1n) is 11.2. The molecular formula is C27H21BrCl3NO4. The molecule has 1 aliphatic carbocycles. The summed E-state index contributed by atoms with van der Waals surface area (Å²) in [6, 6.07) is 12.4. The van der Waals surface area contributed by atoms with Crippen molar-refractivity contribution in [2.75, 3.05) is 12.4 Å². The lowest BCUT2D eigenvalue weighted by Gasteiger charge is -2.38. The number of aromatic carboxylic acids is 1. The predicted molar refractivity (Wildman–Crippen MR) is 146 cm³/mol. The highest BCUT2D eigenvalue weighted by Gasteiger charge is 2.41. The van der Waals surface area contributed by atoms with E-state index in [1.165, 1.54) is 0 Å². The Morgan fingerprint density at radius 3 is 2.61 bits per heavy atom. The second kappa shape index (κ2) is 10.2. The molecule has 1 heterocycles. The number of carboxylic acids is 1. The molecule has 9 heteroatoms. The van der Waals surface area contributed by atoms with Gasteiger partial charge in [-0.1, -0.05) is 53.0 Å². The van der Waals surface area contributed by atoms with Gasteiger partial charge in [-0.25, -0.2) is 4.79 Å². The monoisotopic (exact) mass is 607 g/mol. The number of benzene rings is 3. The molecule has 0 bridgehead atoms. The Balaban J connectivity index is 1.49. The lowest BCUT2D eigenvalue weighted by atomic mass is 9.75. The third-order valence-corrected chi connectivity index (χ3v) is 8.32. The van der Waals surface area contributed by atoms with E-state index in [0.717, 1.165) is 27.6 Å². The van der Waals surface area contributed by atoms with Crippen molar-refractivity contribution in [2.45, 2.75) is 25.0 Å². The van der Waals surface area contributed by atoms with Crippen molar-refractivity contribution in [2.24, 2.45) is 5.92 Å². The van der Waals surface area contributed by atoms with Crippen molar-refractivity contribution in [1.82, 2.24) is 0 Å². The third-order valence-electron chi connectivity index (χ3n) is 6.68. The van der Waals surface area contributed by atoms with Gasteiger partial charge in [-0.2, -0.15) is 0 Å². The number of fused-ring (bicyclic) bond motifs is 3. The van der Waals surface area contributed by atoms with Gasteiger partial charge in [-0.15, -0.1) is 0 Å². The minimum atomic E-state index is -0.963. The van der Waals surface area contributed by atoms with E-state index in [-0.39, 0.29) is 30.0 Å². The Kier molecular flexibility index (Phi) is 7.14. The van der Waals surface area contributed by atoms with E-state index in [2.05, 4.69) is 33.4 Å². The Labute approximate surface area is 232 Å². The second-order valence-corrected chi connectivity index (χ2v) is 10.8. The van der Waals surface area contributed by atoms with Crippen molar-refractivity contribution >= 4 is 62.4 Å². The fourth-order valence-electron chi connectivity index (χ4n) is 5.04. The van der Waals surface area contributed by atoms with Gasteiger partial charge in [-0.3, -0.25) is 0 Å². The van der Waals surface area contributed by atoms with E-state index in [0.29, 0.717) is 32.3 Å². The van der Waals surface area contributed by atoms with Crippen LogP contribution in [0.15, 0.2) is 59.1 Å². The Morgan fingerprint density at radius 1 is 1.11 bits per heavy atom. The molecule has 5 nitrogen and oxygen atoms in total. The van der Waals surface area contributed by atoms with Crippen LogP contribution in [0.4, 0.5) is 5.69 Å². The molecule has 0 saturated carbocycles. The zero-order valence-electron chi connectivity index (χ0n) is 19.0. The fourth-order valence-corrected chi connectivity index (χ4v) is 6.15. The lowest BCUT2D eigenvalue weighted by Crippen LogP contribution is -2.30. The van der Waals surface area contributed by atoms with Gasteiger partial charge >= 0.3 is 5.97 Å². The van der Waals surface area contributed by atoms with E-state index in [9.17, 15) is 9.90 Å². The maximum absolute atomic E-state index is 11.9. The van der Waals surface area contributed by atoms with Gasteiger partial charge in [0.25, 0.3) is 0 Å². The largest absolute Gasteiger partial charge is 0.493 e. The molecule has 0 aromatic heterocycles.